The molecule has 0 fully saturated rings. The lowest BCUT2D eigenvalue weighted by Crippen LogP contribution is -2.29. The van der Waals surface area contributed by atoms with Gasteiger partial charge in [0.25, 0.3) is 0 Å². The Kier molecular flexibility index (Phi) is 5.91. The highest BCUT2D eigenvalue weighted by atomic mass is 35.5. The monoisotopic (exact) mass is 277 g/mol. The number of rotatable bonds is 6. The summed E-state index contributed by atoms with van der Waals surface area (Å²) >= 11 is 5.78. The molecule has 0 aromatic heterocycles. The van der Waals surface area contributed by atoms with Gasteiger partial charge in [0.1, 0.15) is 17.5 Å². The lowest BCUT2D eigenvalue weighted by Gasteiger charge is -2.12. The molecule has 0 aliphatic heterocycles. The highest BCUT2D eigenvalue weighted by molar-refractivity contribution is 6.30. The molecule has 100 valence electrons. The van der Waals surface area contributed by atoms with E-state index in [9.17, 15) is 10.1 Å². The fraction of sp³-hybridized carbons (Fsp3) is 0.286. The SMILES string of the molecule is CCNC(NCC)=C(C#N)C(=O)c1ccc(Cl)cc1. The maximum atomic E-state index is 12.3. The third-order valence-electron chi connectivity index (χ3n) is 2.40. The van der Waals surface area contributed by atoms with Crippen LogP contribution in [0.1, 0.15) is 24.2 Å². The average Bonchev–Trinajstić information content (AvgIpc) is 2.40. The Morgan fingerprint density at radius 3 is 2.16 bits per heavy atom. The number of carbonyl (C=O) groups excluding carboxylic acids is 1. The number of allylic oxidation sites excluding steroid dienone is 1. The van der Waals surface area contributed by atoms with Gasteiger partial charge >= 0.3 is 0 Å². The van der Waals surface area contributed by atoms with Gasteiger partial charge in [-0.05, 0) is 38.1 Å². The number of hydrogen-bond acceptors (Lipinski definition) is 4. The largest absolute Gasteiger partial charge is 0.371 e. The third kappa shape index (κ3) is 4.01. The van der Waals surface area contributed by atoms with E-state index < -0.39 is 0 Å². The number of carbonyl (C=O) groups is 1. The van der Waals surface area contributed by atoms with E-state index in [0.29, 0.717) is 29.5 Å². The van der Waals surface area contributed by atoms with Gasteiger partial charge in [0.15, 0.2) is 0 Å². The van der Waals surface area contributed by atoms with Crippen LogP contribution in [0, 0.1) is 11.3 Å². The van der Waals surface area contributed by atoms with Crippen LogP contribution in [-0.2, 0) is 0 Å². The zero-order valence-corrected chi connectivity index (χ0v) is 11.7. The van der Waals surface area contributed by atoms with Crippen LogP contribution in [0.3, 0.4) is 0 Å². The van der Waals surface area contributed by atoms with E-state index in [4.69, 9.17) is 11.6 Å². The second kappa shape index (κ2) is 7.45. The summed E-state index contributed by atoms with van der Waals surface area (Å²) in [6.45, 7) is 5.06. The van der Waals surface area contributed by atoms with Crippen molar-refractivity contribution >= 4 is 17.4 Å². The van der Waals surface area contributed by atoms with Gasteiger partial charge < -0.3 is 10.6 Å². The van der Waals surface area contributed by atoms with Gasteiger partial charge in [-0.15, -0.1) is 0 Å². The lowest BCUT2D eigenvalue weighted by atomic mass is 10.0. The molecule has 0 atom stereocenters. The first kappa shape index (κ1) is 15.1. The van der Waals surface area contributed by atoms with E-state index in [1.54, 1.807) is 24.3 Å². The van der Waals surface area contributed by atoms with Crippen LogP contribution in [0.4, 0.5) is 0 Å². The third-order valence-corrected chi connectivity index (χ3v) is 2.65. The molecule has 0 bridgehead atoms. The van der Waals surface area contributed by atoms with E-state index in [2.05, 4.69) is 10.6 Å². The van der Waals surface area contributed by atoms with Crippen molar-refractivity contribution in [3.8, 4) is 6.07 Å². The summed E-state index contributed by atoms with van der Waals surface area (Å²) < 4.78 is 0. The van der Waals surface area contributed by atoms with E-state index in [1.165, 1.54) is 0 Å². The number of nitriles is 1. The summed E-state index contributed by atoms with van der Waals surface area (Å²) in [5.74, 6) is 0.142. The number of halogens is 1. The Morgan fingerprint density at radius 1 is 1.21 bits per heavy atom. The van der Waals surface area contributed by atoms with Crippen LogP contribution in [0.5, 0.6) is 0 Å². The predicted octanol–water partition coefficient (Wildman–Crippen LogP) is 2.48. The summed E-state index contributed by atoms with van der Waals surface area (Å²) in [5.41, 5.74) is 0.514. The van der Waals surface area contributed by atoms with Gasteiger partial charge in [0.05, 0.1) is 0 Å². The number of Topliss-reactive ketones (excluding diaryl/α,β-unsaturated/α-hetero) is 1. The minimum atomic E-state index is -0.323. The summed E-state index contributed by atoms with van der Waals surface area (Å²) in [4.78, 5) is 12.3. The molecule has 0 amide bonds. The normalized spacial score (nSPS) is 9.37. The van der Waals surface area contributed by atoms with Gasteiger partial charge in [-0.1, -0.05) is 11.6 Å². The van der Waals surface area contributed by atoms with Gasteiger partial charge in [0, 0.05) is 23.7 Å². The Labute approximate surface area is 118 Å². The second-order valence-corrected chi connectivity index (χ2v) is 4.19. The second-order valence-electron chi connectivity index (χ2n) is 3.76. The van der Waals surface area contributed by atoms with Crippen molar-refractivity contribution in [3.63, 3.8) is 0 Å². The maximum absolute atomic E-state index is 12.3. The molecule has 19 heavy (non-hydrogen) atoms. The van der Waals surface area contributed by atoms with Gasteiger partial charge in [0.2, 0.25) is 5.78 Å². The molecule has 0 heterocycles. The topological polar surface area (TPSA) is 64.9 Å². The number of nitrogens with zero attached hydrogens (tertiary/aromatic N) is 1. The van der Waals surface area contributed by atoms with Crippen LogP contribution in [0.2, 0.25) is 5.02 Å². The Morgan fingerprint density at radius 2 is 1.74 bits per heavy atom. The van der Waals surface area contributed by atoms with Gasteiger partial charge in [-0.2, -0.15) is 5.26 Å². The molecule has 0 saturated heterocycles. The average molecular weight is 278 g/mol. The fourth-order valence-electron chi connectivity index (χ4n) is 1.56. The van der Waals surface area contributed by atoms with Crippen LogP contribution in [0.15, 0.2) is 35.7 Å². The zero-order chi connectivity index (χ0) is 14.3. The van der Waals surface area contributed by atoms with Crippen molar-refractivity contribution in [3.05, 3.63) is 46.2 Å². The molecular formula is C14H16ClN3O. The molecule has 0 saturated carbocycles. The smallest absolute Gasteiger partial charge is 0.207 e. The zero-order valence-electron chi connectivity index (χ0n) is 11.0. The minimum Gasteiger partial charge on any atom is -0.371 e. The van der Waals surface area contributed by atoms with Crippen molar-refractivity contribution in [2.75, 3.05) is 13.1 Å². The molecule has 2 N–H and O–H groups in total. The first-order valence-electron chi connectivity index (χ1n) is 6.06. The van der Waals surface area contributed by atoms with E-state index in [0.717, 1.165) is 0 Å². The fourth-order valence-corrected chi connectivity index (χ4v) is 1.68. The summed E-state index contributed by atoms with van der Waals surface area (Å²) in [6, 6.07) is 8.43. The number of nitrogens with one attached hydrogen (secondary N) is 2. The van der Waals surface area contributed by atoms with Crippen molar-refractivity contribution in [2.45, 2.75) is 13.8 Å². The standard InChI is InChI=1S/C14H16ClN3O/c1-3-17-14(18-4-2)12(9-16)13(19)10-5-7-11(15)8-6-10/h5-8,17-18H,3-4H2,1-2H3. The number of benzene rings is 1. The molecule has 1 aromatic carbocycles. The van der Waals surface area contributed by atoms with E-state index in [1.807, 2.05) is 19.9 Å². The maximum Gasteiger partial charge on any atom is 0.207 e. The molecule has 0 unspecified atom stereocenters. The van der Waals surface area contributed by atoms with Gasteiger partial charge in [-0.25, -0.2) is 0 Å². The lowest BCUT2D eigenvalue weighted by molar-refractivity contribution is 0.103. The Hall–Kier alpha value is -1.99. The first-order valence-corrected chi connectivity index (χ1v) is 6.44. The van der Waals surface area contributed by atoms with Crippen molar-refractivity contribution in [1.82, 2.24) is 10.6 Å². The molecule has 5 heteroatoms. The van der Waals surface area contributed by atoms with Crippen LogP contribution >= 0.6 is 11.6 Å². The molecule has 0 radical (unpaired) electrons. The predicted molar refractivity (Wildman–Crippen MR) is 75.8 cm³/mol. The quantitative estimate of drug-likeness (QED) is 0.476. The van der Waals surface area contributed by atoms with Crippen molar-refractivity contribution < 1.29 is 4.79 Å². The number of ketones is 1. The molecule has 1 rings (SSSR count). The van der Waals surface area contributed by atoms with Crippen LogP contribution < -0.4 is 10.6 Å². The van der Waals surface area contributed by atoms with E-state index in [-0.39, 0.29) is 11.4 Å². The molecule has 0 spiro atoms. The first-order chi connectivity index (χ1) is 9.13. The molecule has 0 aliphatic rings. The van der Waals surface area contributed by atoms with Crippen LogP contribution in [0.25, 0.3) is 0 Å². The number of hydrogen-bond donors (Lipinski definition) is 2. The highest BCUT2D eigenvalue weighted by Gasteiger charge is 2.16. The Balaban J connectivity index is 3.14. The molecule has 0 aliphatic carbocycles. The molecule has 4 nitrogen and oxygen atoms in total. The summed E-state index contributed by atoms with van der Waals surface area (Å²) in [7, 11) is 0. The Bertz CT molecular complexity index is 506. The van der Waals surface area contributed by atoms with Gasteiger partial charge in [-0.3, -0.25) is 4.79 Å². The molecule has 1 aromatic rings. The minimum absolute atomic E-state index is 0.0750. The van der Waals surface area contributed by atoms with Crippen molar-refractivity contribution in [2.24, 2.45) is 0 Å². The molecular weight excluding hydrogens is 262 g/mol. The van der Waals surface area contributed by atoms with E-state index >= 15 is 0 Å². The van der Waals surface area contributed by atoms with Crippen LogP contribution in [-0.4, -0.2) is 18.9 Å². The van der Waals surface area contributed by atoms with Crippen molar-refractivity contribution in [1.29, 1.82) is 5.26 Å². The highest BCUT2D eigenvalue weighted by Crippen LogP contribution is 2.14. The summed E-state index contributed by atoms with van der Waals surface area (Å²) in [5, 5.41) is 15.7. The summed E-state index contributed by atoms with van der Waals surface area (Å²) in [6.07, 6.45) is 0.